The summed E-state index contributed by atoms with van der Waals surface area (Å²) in [5, 5.41) is 3.71. The molecule has 0 aliphatic heterocycles. The summed E-state index contributed by atoms with van der Waals surface area (Å²) in [4.78, 5) is 13.5. The third-order valence-corrected chi connectivity index (χ3v) is 3.32. The smallest absolute Gasteiger partial charge is 0.317 e. The van der Waals surface area contributed by atoms with Crippen molar-refractivity contribution in [2.75, 3.05) is 7.05 Å². The lowest BCUT2D eigenvalue weighted by molar-refractivity contribution is 0.195. The molecule has 0 radical (unpaired) electrons. The molecule has 4 heteroatoms. The van der Waals surface area contributed by atoms with Crippen LogP contribution < -0.4 is 5.32 Å². The predicted molar refractivity (Wildman–Crippen MR) is 69.1 cm³/mol. The lowest BCUT2D eigenvalue weighted by Crippen LogP contribution is -2.45. The molecule has 1 aliphatic rings. The number of rotatable bonds is 3. The number of urea groups is 1. The Morgan fingerprint density at radius 3 is 2.88 bits per heavy atom. The van der Waals surface area contributed by atoms with Crippen LogP contribution in [0.4, 0.5) is 4.79 Å². The highest BCUT2D eigenvalue weighted by molar-refractivity contribution is 6.30. The van der Waals surface area contributed by atoms with E-state index in [1.165, 1.54) is 6.42 Å². The number of benzene rings is 1. The summed E-state index contributed by atoms with van der Waals surface area (Å²) < 4.78 is 0. The standard InChI is InChI=1S/C13H17ClN2O/c1-16(13(17)15-12-6-3-7-12)9-10-4-2-5-11(14)8-10/h2,4-5,8,12H,3,6-7,9H2,1H3,(H,15,17). The first-order chi connectivity index (χ1) is 8.15. The van der Waals surface area contributed by atoms with Crippen LogP contribution in [0.1, 0.15) is 24.8 Å². The fraction of sp³-hybridized carbons (Fsp3) is 0.462. The Labute approximate surface area is 107 Å². The Bertz CT molecular complexity index is 404. The maximum Gasteiger partial charge on any atom is 0.317 e. The molecule has 1 aliphatic carbocycles. The van der Waals surface area contributed by atoms with Gasteiger partial charge in [0.05, 0.1) is 0 Å². The number of amides is 2. The van der Waals surface area contributed by atoms with Gasteiger partial charge in [-0.15, -0.1) is 0 Å². The van der Waals surface area contributed by atoms with Crippen LogP contribution in [0.3, 0.4) is 0 Å². The van der Waals surface area contributed by atoms with E-state index in [9.17, 15) is 4.79 Å². The zero-order chi connectivity index (χ0) is 12.3. The third kappa shape index (κ3) is 3.37. The van der Waals surface area contributed by atoms with Crippen LogP contribution in [0.2, 0.25) is 5.02 Å². The first kappa shape index (κ1) is 12.2. The molecule has 0 unspecified atom stereocenters. The Morgan fingerprint density at radius 2 is 2.29 bits per heavy atom. The van der Waals surface area contributed by atoms with Crippen LogP contribution >= 0.6 is 11.6 Å². The third-order valence-electron chi connectivity index (χ3n) is 3.09. The summed E-state index contributed by atoms with van der Waals surface area (Å²) in [7, 11) is 1.80. The van der Waals surface area contributed by atoms with Gasteiger partial charge in [0, 0.05) is 24.7 Å². The number of halogens is 1. The molecular weight excluding hydrogens is 236 g/mol. The van der Waals surface area contributed by atoms with Gasteiger partial charge in [0.15, 0.2) is 0 Å². The minimum atomic E-state index is -0.00493. The fourth-order valence-corrected chi connectivity index (χ4v) is 2.03. The molecule has 1 saturated carbocycles. The predicted octanol–water partition coefficient (Wildman–Crippen LogP) is 3.03. The summed E-state index contributed by atoms with van der Waals surface area (Å²) in [5.41, 5.74) is 1.05. The quantitative estimate of drug-likeness (QED) is 0.881. The molecule has 2 rings (SSSR count). The zero-order valence-corrected chi connectivity index (χ0v) is 10.7. The van der Waals surface area contributed by atoms with Crippen molar-refractivity contribution in [1.82, 2.24) is 10.2 Å². The van der Waals surface area contributed by atoms with Crippen LogP contribution in [0, 0.1) is 0 Å². The monoisotopic (exact) mass is 252 g/mol. The Morgan fingerprint density at radius 1 is 1.53 bits per heavy atom. The first-order valence-electron chi connectivity index (χ1n) is 5.91. The van der Waals surface area contributed by atoms with Crippen molar-refractivity contribution in [3.05, 3.63) is 34.9 Å². The molecule has 0 spiro atoms. The molecular formula is C13H17ClN2O. The van der Waals surface area contributed by atoms with Gasteiger partial charge in [-0.1, -0.05) is 23.7 Å². The molecule has 1 aromatic rings. The topological polar surface area (TPSA) is 32.3 Å². The Kier molecular flexibility index (Phi) is 3.89. The van der Waals surface area contributed by atoms with Gasteiger partial charge in [-0.2, -0.15) is 0 Å². The van der Waals surface area contributed by atoms with Gasteiger partial charge in [0.2, 0.25) is 0 Å². The number of carbonyl (C=O) groups is 1. The molecule has 1 fully saturated rings. The lowest BCUT2D eigenvalue weighted by atomic mass is 9.93. The van der Waals surface area contributed by atoms with Gasteiger partial charge >= 0.3 is 6.03 Å². The van der Waals surface area contributed by atoms with E-state index in [1.807, 2.05) is 24.3 Å². The normalized spacial score (nSPS) is 15.2. The number of nitrogens with one attached hydrogen (secondary N) is 1. The summed E-state index contributed by atoms with van der Waals surface area (Å²) >= 11 is 5.90. The minimum Gasteiger partial charge on any atom is -0.335 e. The van der Waals surface area contributed by atoms with Gasteiger partial charge in [0.25, 0.3) is 0 Å². The average molecular weight is 253 g/mol. The van der Waals surface area contributed by atoms with E-state index in [4.69, 9.17) is 11.6 Å². The van der Waals surface area contributed by atoms with Gasteiger partial charge < -0.3 is 10.2 Å². The van der Waals surface area contributed by atoms with E-state index in [1.54, 1.807) is 11.9 Å². The van der Waals surface area contributed by atoms with E-state index in [2.05, 4.69) is 5.32 Å². The van der Waals surface area contributed by atoms with Gasteiger partial charge in [0.1, 0.15) is 0 Å². The summed E-state index contributed by atoms with van der Waals surface area (Å²) in [6.07, 6.45) is 3.44. The van der Waals surface area contributed by atoms with Crippen molar-refractivity contribution < 1.29 is 4.79 Å². The molecule has 0 heterocycles. The number of carbonyl (C=O) groups excluding carboxylic acids is 1. The molecule has 3 nitrogen and oxygen atoms in total. The SMILES string of the molecule is CN(Cc1cccc(Cl)c1)C(=O)NC1CCC1. The molecule has 17 heavy (non-hydrogen) atoms. The zero-order valence-electron chi connectivity index (χ0n) is 9.95. The molecule has 0 aromatic heterocycles. The summed E-state index contributed by atoms with van der Waals surface area (Å²) in [6.45, 7) is 0.582. The lowest BCUT2D eigenvalue weighted by Gasteiger charge is -2.29. The van der Waals surface area contributed by atoms with Crippen molar-refractivity contribution >= 4 is 17.6 Å². The first-order valence-corrected chi connectivity index (χ1v) is 6.29. The molecule has 1 N–H and O–H groups in total. The van der Waals surface area contributed by atoms with Gasteiger partial charge in [-0.05, 0) is 37.0 Å². The highest BCUT2D eigenvalue weighted by Crippen LogP contribution is 2.18. The van der Waals surface area contributed by atoms with Crippen molar-refractivity contribution in [2.24, 2.45) is 0 Å². The number of hydrogen-bond donors (Lipinski definition) is 1. The van der Waals surface area contributed by atoms with Crippen LogP contribution in [-0.4, -0.2) is 24.0 Å². The Balaban J connectivity index is 1.87. The summed E-state index contributed by atoms with van der Waals surface area (Å²) in [5.74, 6) is 0. The minimum absolute atomic E-state index is 0.00493. The van der Waals surface area contributed by atoms with Crippen molar-refractivity contribution in [1.29, 1.82) is 0 Å². The second-order valence-electron chi connectivity index (χ2n) is 4.56. The van der Waals surface area contributed by atoms with Crippen LogP contribution in [-0.2, 0) is 6.54 Å². The van der Waals surface area contributed by atoms with E-state index < -0.39 is 0 Å². The highest BCUT2D eigenvalue weighted by Gasteiger charge is 2.20. The molecule has 0 bridgehead atoms. The van der Waals surface area contributed by atoms with Crippen molar-refractivity contribution in [2.45, 2.75) is 31.8 Å². The van der Waals surface area contributed by atoms with Crippen molar-refractivity contribution in [3.8, 4) is 0 Å². The summed E-state index contributed by atoms with van der Waals surface area (Å²) in [6, 6.07) is 7.96. The molecule has 0 atom stereocenters. The number of nitrogens with zero attached hydrogens (tertiary/aromatic N) is 1. The molecule has 92 valence electrons. The largest absolute Gasteiger partial charge is 0.335 e. The van der Waals surface area contributed by atoms with Gasteiger partial charge in [-0.3, -0.25) is 0 Å². The van der Waals surface area contributed by atoms with E-state index >= 15 is 0 Å². The van der Waals surface area contributed by atoms with Gasteiger partial charge in [-0.25, -0.2) is 4.79 Å². The Hall–Kier alpha value is -1.22. The van der Waals surface area contributed by atoms with E-state index in [0.717, 1.165) is 18.4 Å². The maximum atomic E-state index is 11.8. The maximum absolute atomic E-state index is 11.8. The second-order valence-corrected chi connectivity index (χ2v) is 5.00. The fourth-order valence-electron chi connectivity index (χ4n) is 1.82. The van der Waals surface area contributed by atoms with Crippen LogP contribution in [0.15, 0.2) is 24.3 Å². The van der Waals surface area contributed by atoms with Crippen molar-refractivity contribution in [3.63, 3.8) is 0 Å². The second kappa shape index (κ2) is 5.41. The van der Waals surface area contributed by atoms with E-state index in [-0.39, 0.29) is 6.03 Å². The van der Waals surface area contributed by atoms with E-state index in [0.29, 0.717) is 17.6 Å². The molecule has 1 aromatic carbocycles. The van der Waals surface area contributed by atoms with Crippen LogP contribution in [0.25, 0.3) is 0 Å². The highest BCUT2D eigenvalue weighted by atomic mass is 35.5. The molecule has 0 saturated heterocycles. The number of hydrogen-bond acceptors (Lipinski definition) is 1. The van der Waals surface area contributed by atoms with Crippen LogP contribution in [0.5, 0.6) is 0 Å². The average Bonchev–Trinajstić information content (AvgIpc) is 2.23. The molecule has 2 amide bonds.